The highest BCUT2D eigenvalue weighted by Crippen LogP contribution is 2.31. The molecule has 0 radical (unpaired) electrons. The van der Waals surface area contributed by atoms with Crippen molar-refractivity contribution in [3.05, 3.63) is 88.8 Å². The number of likely N-dealkylation sites (tertiary alicyclic amines) is 1. The summed E-state index contributed by atoms with van der Waals surface area (Å²) in [7, 11) is 0. The van der Waals surface area contributed by atoms with Gasteiger partial charge in [-0.15, -0.1) is 0 Å². The van der Waals surface area contributed by atoms with E-state index in [2.05, 4.69) is 49.1 Å². The lowest BCUT2D eigenvalue weighted by molar-refractivity contribution is -0.193. The lowest BCUT2D eigenvalue weighted by atomic mass is 9.94. The number of rotatable bonds is 5. The van der Waals surface area contributed by atoms with Gasteiger partial charge in [-0.3, -0.25) is 4.98 Å². The predicted molar refractivity (Wildman–Crippen MR) is 194 cm³/mol. The van der Waals surface area contributed by atoms with Gasteiger partial charge < -0.3 is 35.8 Å². The molecular weight excluding hydrogens is 790 g/mol. The highest BCUT2D eigenvalue weighted by molar-refractivity contribution is 6.32. The third-order valence-electron chi connectivity index (χ3n) is 8.24. The summed E-state index contributed by atoms with van der Waals surface area (Å²) in [4.78, 5) is 45.6. The number of carboxylic acid groups (broad SMARTS) is 2. The molecule has 0 aliphatic carbocycles. The number of nitriles is 1. The van der Waals surface area contributed by atoms with Gasteiger partial charge in [-0.25, -0.2) is 19.4 Å². The molecule has 4 heterocycles. The number of piperidine rings is 1. The van der Waals surface area contributed by atoms with Crippen LogP contribution < -0.4 is 20.7 Å². The van der Waals surface area contributed by atoms with Crippen molar-refractivity contribution in [1.29, 1.82) is 5.26 Å². The summed E-state index contributed by atoms with van der Waals surface area (Å²) in [5, 5.41) is 33.1. The van der Waals surface area contributed by atoms with Crippen molar-refractivity contribution in [2.75, 3.05) is 35.6 Å². The van der Waals surface area contributed by atoms with Crippen molar-refractivity contribution in [3.63, 3.8) is 0 Å². The smallest absolute Gasteiger partial charge is 0.490 e. The maximum atomic E-state index is 12.7. The number of nitrogens with zero attached hydrogens (tertiary/aromatic N) is 5. The average Bonchev–Trinajstić information content (AvgIpc) is 3.16. The summed E-state index contributed by atoms with van der Waals surface area (Å²) in [5.74, 6) is -3.22. The van der Waals surface area contributed by atoms with Gasteiger partial charge in [-0.05, 0) is 97.7 Å². The summed E-state index contributed by atoms with van der Waals surface area (Å²) >= 11 is 6.39. The Morgan fingerprint density at radius 3 is 2.18 bits per heavy atom. The van der Waals surface area contributed by atoms with E-state index in [1.54, 1.807) is 36.7 Å². The molecule has 2 aromatic carbocycles. The van der Waals surface area contributed by atoms with E-state index in [-0.39, 0.29) is 6.03 Å². The van der Waals surface area contributed by atoms with Gasteiger partial charge in [0.1, 0.15) is 10.8 Å². The molecule has 0 saturated carbocycles. The normalized spacial score (nSPS) is 13.8. The number of aromatic nitrogens is 3. The van der Waals surface area contributed by atoms with Crippen LogP contribution in [0, 0.1) is 17.2 Å². The molecular formula is C36H33ClF6N8O6. The quantitative estimate of drug-likeness (QED) is 0.122. The summed E-state index contributed by atoms with van der Waals surface area (Å²) < 4.78 is 69.8. The topological polar surface area (TPSA) is 203 Å². The largest absolute Gasteiger partial charge is 0.493 e. The molecule has 2 amide bonds. The van der Waals surface area contributed by atoms with Gasteiger partial charge in [0.15, 0.2) is 5.82 Å². The lowest BCUT2D eigenvalue weighted by Crippen LogP contribution is -2.41. The van der Waals surface area contributed by atoms with Crippen LogP contribution in [-0.4, -0.2) is 80.1 Å². The Hall–Kier alpha value is -6.36. The van der Waals surface area contributed by atoms with Crippen molar-refractivity contribution in [3.8, 4) is 11.8 Å². The summed E-state index contributed by atoms with van der Waals surface area (Å²) in [6.07, 6.45) is -0.627. The number of aryl methyl sites for hydroxylation is 2. The summed E-state index contributed by atoms with van der Waals surface area (Å²) in [6, 6.07) is 17.0. The Labute approximate surface area is 325 Å². The van der Waals surface area contributed by atoms with Gasteiger partial charge in [-0.2, -0.15) is 36.6 Å². The maximum absolute atomic E-state index is 12.7. The van der Waals surface area contributed by atoms with E-state index < -0.39 is 24.3 Å². The number of amides is 2. The Morgan fingerprint density at radius 1 is 0.912 bits per heavy atom. The standard InChI is InChI=1S/C32H31ClN8O2.2C2HF3O2/c33-28-20-36-31-38-27-15-23(18-35-19-27)1-4-24-16-26(37-30(28)40-31)7-8-29(24)43-14-11-21-9-12-41(13-10-21)32(42)39-25-5-2-22(17-34)3-6-25;2*3-2(4,5)1(6)7/h2-3,5-8,15-16,18-21H,1,4,9-14H2,(H,39,42)(H2,36,37,38,40);2*(H,6,7). The number of carboxylic acids is 2. The molecule has 6 bridgehead atoms. The number of urea groups is 1. The molecule has 1 fully saturated rings. The van der Waals surface area contributed by atoms with E-state index in [0.29, 0.717) is 53.7 Å². The number of carbonyl (C=O) groups excluding carboxylic acids is 1. The molecule has 4 aromatic rings. The Morgan fingerprint density at radius 2 is 1.56 bits per heavy atom. The molecule has 0 unspecified atom stereocenters. The zero-order chi connectivity index (χ0) is 41.8. The first kappa shape index (κ1) is 43.4. The van der Waals surface area contributed by atoms with Gasteiger partial charge in [0, 0.05) is 30.7 Å². The number of aliphatic carboxylic acids is 2. The van der Waals surface area contributed by atoms with Crippen LogP contribution in [0.15, 0.2) is 67.1 Å². The fourth-order valence-corrected chi connectivity index (χ4v) is 5.48. The first-order valence-electron chi connectivity index (χ1n) is 16.8. The van der Waals surface area contributed by atoms with Crippen molar-refractivity contribution >= 4 is 58.4 Å². The first-order valence-corrected chi connectivity index (χ1v) is 17.2. The number of nitrogens with one attached hydrogen (secondary N) is 3. The lowest BCUT2D eigenvalue weighted by Gasteiger charge is -2.32. The predicted octanol–water partition coefficient (Wildman–Crippen LogP) is 7.96. The van der Waals surface area contributed by atoms with Crippen molar-refractivity contribution in [2.45, 2.75) is 44.5 Å². The number of fused-ring (bicyclic) bond motifs is 6. The Balaban J connectivity index is 0.000000440. The van der Waals surface area contributed by atoms with Gasteiger partial charge in [0.2, 0.25) is 5.95 Å². The van der Waals surface area contributed by atoms with Crippen LogP contribution >= 0.6 is 11.6 Å². The number of alkyl halides is 6. The molecule has 1 saturated heterocycles. The van der Waals surface area contributed by atoms with Crippen LogP contribution in [0.25, 0.3) is 0 Å². The number of benzene rings is 2. The molecule has 302 valence electrons. The van der Waals surface area contributed by atoms with Crippen LogP contribution in [0.2, 0.25) is 5.02 Å². The van der Waals surface area contributed by atoms with Crippen LogP contribution in [0.3, 0.4) is 0 Å². The number of halogens is 7. The molecule has 2 aliphatic heterocycles. The van der Waals surface area contributed by atoms with E-state index in [1.807, 2.05) is 23.2 Å². The second kappa shape index (κ2) is 19.5. The van der Waals surface area contributed by atoms with Gasteiger partial charge in [-0.1, -0.05) is 11.6 Å². The minimum atomic E-state index is -5.08. The second-order valence-electron chi connectivity index (χ2n) is 12.3. The zero-order valence-electron chi connectivity index (χ0n) is 29.5. The van der Waals surface area contributed by atoms with Gasteiger partial charge in [0.05, 0.1) is 36.3 Å². The number of carbonyl (C=O) groups is 3. The molecule has 0 spiro atoms. The van der Waals surface area contributed by atoms with Crippen LogP contribution in [0.1, 0.15) is 36.0 Å². The molecule has 2 aromatic heterocycles. The van der Waals surface area contributed by atoms with E-state index in [9.17, 15) is 31.1 Å². The van der Waals surface area contributed by atoms with Crippen molar-refractivity contribution < 1.29 is 55.7 Å². The highest BCUT2D eigenvalue weighted by atomic mass is 35.5. The maximum Gasteiger partial charge on any atom is 0.490 e. The number of hydrogen-bond donors (Lipinski definition) is 5. The third kappa shape index (κ3) is 13.7. The van der Waals surface area contributed by atoms with E-state index >= 15 is 0 Å². The number of pyridine rings is 1. The SMILES string of the molecule is N#Cc1ccc(NC(=O)N2CCC(CCOc3ccc4cc3CCc3cncc(c3)Nc3ncc(Cl)c(n3)N4)CC2)cc1.O=C(O)C(F)(F)F.O=C(O)C(F)(F)F. The highest BCUT2D eigenvalue weighted by Gasteiger charge is 2.39. The fourth-order valence-electron chi connectivity index (χ4n) is 5.34. The molecule has 6 rings (SSSR count). The van der Waals surface area contributed by atoms with E-state index in [0.717, 1.165) is 60.4 Å². The van der Waals surface area contributed by atoms with Crippen LogP contribution in [0.4, 0.5) is 60.0 Å². The number of ether oxygens (including phenoxy) is 1. The monoisotopic (exact) mass is 822 g/mol. The minimum Gasteiger partial charge on any atom is -0.493 e. The zero-order valence-corrected chi connectivity index (χ0v) is 30.3. The van der Waals surface area contributed by atoms with Crippen LogP contribution in [-0.2, 0) is 22.4 Å². The summed E-state index contributed by atoms with van der Waals surface area (Å²) in [5.41, 5.74) is 5.11. The van der Waals surface area contributed by atoms with Gasteiger partial charge >= 0.3 is 30.3 Å². The fraction of sp³-hybridized carbons (Fsp3) is 0.306. The third-order valence-corrected chi connectivity index (χ3v) is 8.51. The number of hydrogen-bond acceptors (Lipinski definition) is 10. The van der Waals surface area contributed by atoms with Crippen molar-refractivity contribution in [1.82, 2.24) is 19.9 Å². The molecule has 57 heavy (non-hydrogen) atoms. The Bertz CT molecular complexity index is 2050. The molecule has 21 heteroatoms. The van der Waals surface area contributed by atoms with Crippen LogP contribution in [0.5, 0.6) is 5.75 Å². The Kier molecular flexibility index (Phi) is 14.8. The van der Waals surface area contributed by atoms with Crippen molar-refractivity contribution in [2.24, 2.45) is 5.92 Å². The molecule has 0 atom stereocenters. The first-order chi connectivity index (χ1) is 26.9. The summed E-state index contributed by atoms with van der Waals surface area (Å²) in [6.45, 7) is 2.01. The number of anilines is 5. The average molecular weight is 823 g/mol. The molecule has 2 aliphatic rings. The molecule has 5 N–H and O–H groups in total. The van der Waals surface area contributed by atoms with E-state index in [4.69, 9.17) is 41.4 Å². The second-order valence-corrected chi connectivity index (χ2v) is 12.7. The van der Waals surface area contributed by atoms with Gasteiger partial charge in [0.25, 0.3) is 0 Å². The molecule has 14 nitrogen and oxygen atoms in total. The minimum absolute atomic E-state index is 0.107. The van der Waals surface area contributed by atoms with E-state index in [1.165, 1.54) is 0 Å².